The van der Waals surface area contributed by atoms with Crippen molar-refractivity contribution < 1.29 is 41.0 Å². The van der Waals surface area contributed by atoms with Crippen LogP contribution in [0.15, 0.2) is 65.6 Å². The average Bonchev–Trinajstić information content (AvgIpc) is 3.35. The number of carbonyl (C=O) groups is 2. The van der Waals surface area contributed by atoms with Crippen LogP contribution in [-0.2, 0) is 32.2 Å². The third-order valence-corrected chi connectivity index (χ3v) is 9.76. The van der Waals surface area contributed by atoms with E-state index in [1.165, 1.54) is 62.6 Å². The van der Waals surface area contributed by atoms with Gasteiger partial charge >= 0.3 is 12.1 Å². The molecule has 1 unspecified atom stereocenters. The number of ether oxygens (including phenoxy) is 1. The molecular formula is C29H27Cl2F3N2O6S. The van der Waals surface area contributed by atoms with Gasteiger partial charge in [0, 0.05) is 28.6 Å². The SMILES string of the molecule is COc1ccc(C(F)(F)F)cc1-c1ccc(CC(NC(=O)[C@]2(C)CCCN2S(=O)(=O)c2cc(Cl)cc(Cl)c2)C(=O)O)cc1. The van der Waals surface area contributed by atoms with Gasteiger partial charge in [-0.15, -0.1) is 0 Å². The Labute approximate surface area is 256 Å². The van der Waals surface area contributed by atoms with Crippen molar-refractivity contribution in [3.8, 4) is 16.9 Å². The zero-order valence-corrected chi connectivity index (χ0v) is 25.2. The number of hydrogen-bond donors (Lipinski definition) is 2. The van der Waals surface area contributed by atoms with Gasteiger partial charge in [-0.25, -0.2) is 13.2 Å². The van der Waals surface area contributed by atoms with E-state index in [1.807, 2.05) is 0 Å². The third kappa shape index (κ3) is 6.93. The van der Waals surface area contributed by atoms with Crippen molar-refractivity contribution in [2.75, 3.05) is 13.7 Å². The first-order valence-corrected chi connectivity index (χ1v) is 15.1. The lowest BCUT2D eigenvalue weighted by molar-refractivity contribution is -0.143. The molecule has 3 aromatic rings. The molecule has 1 saturated heterocycles. The number of aliphatic carboxylic acids is 1. The summed E-state index contributed by atoms with van der Waals surface area (Å²) >= 11 is 12.0. The summed E-state index contributed by atoms with van der Waals surface area (Å²) in [6.07, 6.45) is -4.23. The van der Waals surface area contributed by atoms with Gasteiger partial charge in [0.25, 0.3) is 0 Å². The van der Waals surface area contributed by atoms with E-state index >= 15 is 0 Å². The van der Waals surface area contributed by atoms with Gasteiger partial charge in [0.2, 0.25) is 15.9 Å². The van der Waals surface area contributed by atoms with Crippen LogP contribution in [0.4, 0.5) is 13.2 Å². The standard InChI is InChI=1S/C29H27Cl2F3N2O6S/c1-28(10-3-11-36(28)43(40,41)22-15-20(30)14-21(31)16-22)27(39)35-24(26(37)38)12-17-4-6-18(7-5-17)23-13-19(29(32,33)34)8-9-25(23)42-2/h4-9,13-16,24H,3,10-12H2,1-2H3,(H,35,39)(H,37,38)/t24?,28-/m0/s1. The molecule has 0 radical (unpaired) electrons. The Balaban J connectivity index is 1.55. The van der Waals surface area contributed by atoms with E-state index in [9.17, 15) is 36.3 Å². The molecule has 14 heteroatoms. The molecule has 3 aromatic carbocycles. The number of carboxylic acids is 1. The summed E-state index contributed by atoms with van der Waals surface area (Å²) in [7, 11) is -2.89. The van der Waals surface area contributed by atoms with Crippen molar-refractivity contribution in [2.24, 2.45) is 0 Å². The largest absolute Gasteiger partial charge is 0.496 e. The Morgan fingerprint density at radius 2 is 1.70 bits per heavy atom. The lowest BCUT2D eigenvalue weighted by Crippen LogP contribution is -2.58. The Kier molecular flexibility index (Phi) is 9.36. The van der Waals surface area contributed by atoms with Gasteiger partial charge in [-0.05, 0) is 67.3 Å². The number of sulfonamides is 1. The summed E-state index contributed by atoms with van der Waals surface area (Å²) in [6, 6.07) is 11.6. The highest BCUT2D eigenvalue weighted by Gasteiger charge is 2.50. The Hall–Kier alpha value is -3.32. The number of rotatable bonds is 9. The molecular weight excluding hydrogens is 632 g/mol. The molecule has 0 bridgehead atoms. The number of carbonyl (C=O) groups excluding carboxylic acids is 1. The highest BCUT2D eigenvalue weighted by atomic mass is 35.5. The van der Waals surface area contributed by atoms with Crippen molar-refractivity contribution in [1.29, 1.82) is 0 Å². The van der Waals surface area contributed by atoms with Crippen LogP contribution < -0.4 is 10.1 Å². The van der Waals surface area contributed by atoms with Gasteiger partial charge in [-0.3, -0.25) is 4.79 Å². The molecule has 0 spiro atoms. The molecule has 43 heavy (non-hydrogen) atoms. The van der Waals surface area contributed by atoms with Crippen LogP contribution in [0.1, 0.15) is 30.9 Å². The van der Waals surface area contributed by atoms with Crippen LogP contribution in [0.3, 0.4) is 0 Å². The lowest BCUT2D eigenvalue weighted by Gasteiger charge is -2.34. The normalized spacial score (nSPS) is 18.3. The molecule has 0 aliphatic carbocycles. The van der Waals surface area contributed by atoms with Gasteiger partial charge in [-0.2, -0.15) is 17.5 Å². The van der Waals surface area contributed by atoms with Crippen LogP contribution in [0.25, 0.3) is 11.1 Å². The number of benzene rings is 3. The number of amides is 1. The summed E-state index contributed by atoms with van der Waals surface area (Å²) in [5.41, 5.74) is -1.37. The molecule has 1 aliphatic rings. The van der Waals surface area contributed by atoms with E-state index in [-0.39, 0.29) is 45.6 Å². The van der Waals surface area contributed by atoms with Gasteiger partial charge in [0.15, 0.2) is 0 Å². The zero-order chi connectivity index (χ0) is 31.7. The highest BCUT2D eigenvalue weighted by molar-refractivity contribution is 7.89. The van der Waals surface area contributed by atoms with Crippen molar-refractivity contribution in [2.45, 2.75) is 48.8 Å². The highest BCUT2D eigenvalue weighted by Crippen LogP contribution is 2.38. The first-order chi connectivity index (χ1) is 20.1. The quantitative estimate of drug-likeness (QED) is 0.290. The smallest absolute Gasteiger partial charge is 0.416 e. The molecule has 1 aliphatic heterocycles. The fraction of sp³-hybridized carbons (Fsp3) is 0.310. The predicted octanol–water partition coefficient (Wildman–Crippen LogP) is 6.04. The number of halogens is 5. The third-order valence-electron chi connectivity index (χ3n) is 7.32. The molecule has 2 atom stereocenters. The molecule has 230 valence electrons. The minimum Gasteiger partial charge on any atom is -0.496 e. The van der Waals surface area contributed by atoms with E-state index < -0.39 is 45.2 Å². The summed E-state index contributed by atoms with van der Waals surface area (Å²) in [5, 5.41) is 12.5. The maximum Gasteiger partial charge on any atom is 0.416 e. The van der Waals surface area contributed by atoms with Gasteiger partial charge in [-0.1, -0.05) is 47.5 Å². The second-order valence-electron chi connectivity index (χ2n) is 10.2. The van der Waals surface area contributed by atoms with E-state index in [0.717, 1.165) is 16.4 Å². The van der Waals surface area contributed by atoms with E-state index in [0.29, 0.717) is 17.5 Å². The Morgan fingerprint density at radius 1 is 1.07 bits per heavy atom. The van der Waals surface area contributed by atoms with Crippen LogP contribution in [0, 0.1) is 0 Å². The first-order valence-electron chi connectivity index (χ1n) is 12.9. The number of methoxy groups -OCH3 is 1. The minimum atomic E-state index is -4.56. The maximum atomic E-state index is 13.5. The number of carboxylic acid groups (broad SMARTS) is 1. The van der Waals surface area contributed by atoms with Crippen molar-refractivity contribution in [3.05, 3.63) is 81.8 Å². The Bertz CT molecular complexity index is 1630. The van der Waals surface area contributed by atoms with Crippen molar-refractivity contribution in [3.63, 3.8) is 0 Å². The molecule has 1 fully saturated rings. The minimum absolute atomic E-state index is 0.0224. The van der Waals surface area contributed by atoms with Gasteiger partial charge < -0.3 is 15.2 Å². The summed E-state index contributed by atoms with van der Waals surface area (Å²) < 4.78 is 73.0. The summed E-state index contributed by atoms with van der Waals surface area (Å²) in [6.45, 7) is 1.45. The van der Waals surface area contributed by atoms with Crippen LogP contribution in [0.2, 0.25) is 10.0 Å². The molecule has 8 nitrogen and oxygen atoms in total. The van der Waals surface area contributed by atoms with Crippen LogP contribution in [0.5, 0.6) is 5.75 Å². The fourth-order valence-corrected chi connectivity index (χ4v) is 7.57. The maximum absolute atomic E-state index is 13.5. The molecule has 0 saturated carbocycles. The topological polar surface area (TPSA) is 113 Å². The van der Waals surface area contributed by atoms with Crippen molar-refractivity contribution in [1.82, 2.24) is 9.62 Å². The van der Waals surface area contributed by atoms with Crippen LogP contribution >= 0.6 is 23.2 Å². The predicted molar refractivity (Wildman–Crippen MR) is 155 cm³/mol. The number of nitrogens with zero attached hydrogens (tertiary/aromatic N) is 1. The molecule has 0 aromatic heterocycles. The molecule has 1 heterocycles. The molecule has 1 amide bonds. The monoisotopic (exact) mass is 658 g/mol. The van der Waals surface area contributed by atoms with Gasteiger partial charge in [0.05, 0.1) is 17.6 Å². The first kappa shape index (κ1) is 32.6. The van der Waals surface area contributed by atoms with Crippen molar-refractivity contribution >= 4 is 45.1 Å². The van der Waals surface area contributed by atoms with E-state index in [4.69, 9.17) is 27.9 Å². The zero-order valence-electron chi connectivity index (χ0n) is 22.9. The molecule has 4 rings (SSSR count). The molecule has 2 N–H and O–H groups in total. The second kappa shape index (κ2) is 12.4. The van der Waals surface area contributed by atoms with Gasteiger partial charge in [0.1, 0.15) is 17.3 Å². The number of hydrogen-bond acceptors (Lipinski definition) is 5. The van der Waals surface area contributed by atoms with Crippen LogP contribution in [-0.4, -0.2) is 54.9 Å². The number of alkyl halides is 3. The number of nitrogens with one attached hydrogen (secondary N) is 1. The Morgan fingerprint density at radius 3 is 2.26 bits per heavy atom. The average molecular weight is 660 g/mol. The lowest BCUT2D eigenvalue weighted by atomic mass is 9.96. The fourth-order valence-electron chi connectivity index (χ4n) is 5.04. The second-order valence-corrected chi connectivity index (χ2v) is 13.0. The van der Waals surface area contributed by atoms with E-state index in [2.05, 4.69) is 5.32 Å². The van der Waals surface area contributed by atoms with E-state index in [1.54, 1.807) is 0 Å². The summed E-state index contributed by atoms with van der Waals surface area (Å²) in [4.78, 5) is 25.4. The summed E-state index contributed by atoms with van der Waals surface area (Å²) in [5.74, 6) is -1.92.